The first-order chi connectivity index (χ1) is 7.26. The van der Waals surface area contributed by atoms with Crippen molar-refractivity contribution in [1.82, 2.24) is 15.0 Å². The quantitative estimate of drug-likeness (QED) is 0.537. The monoisotopic (exact) mass is 230 g/mol. The van der Waals surface area contributed by atoms with Crippen molar-refractivity contribution >= 4 is 17.7 Å². The Bertz CT molecular complexity index is 311. The predicted molar refractivity (Wildman–Crippen MR) is 57.8 cm³/mol. The molecule has 0 amide bonds. The number of aromatic nitrogens is 3. The normalized spacial score (nSPS) is 10.3. The summed E-state index contributed by atoms with van der Waals surface area (Å²) in [6.45, 7) is 2.49. The van der Waals surface area contributed by atoms with E-state index in [0.717, 1.165) is 5.75 Å². The molecule has 15 heavy (non-hydrogen) atoms. The number of nitrogen functional groups attached to an aromatic ring is 1. The smallest absolute Gasteiger partial charge is 0.322 e. The molecule has 1 rings (SSSR count). The van der Waals surface area contributed by atoms with Crippen LogP contribution in [0.1, 0.15) is 13.3 Å². The summed E-state index contributed by atoms with van der Waals surface area (Å²) in [6, 6.07) is 0.247. The third-order valence-corrected chi connectivity index (χ3v) is 2.35. The first kappa shape index (κ1) is 12.0. The summed E-state index contributed by atoms with van der Waals surface area (Å²) in [7, 11) is 0. The highest BCUT2D eigenvalue weighted by Gasteiger charge is 2.05. The van der Waals surface area contributed by atoms with Crippen molar-refractivity contribution in [2.24, 2.45) is 0 Å². The third-order valence-electron chi connectivity index (χ3n) is 1.42. The molecule has 0 radical (unpaired) electrons. The lowest BCUT2D eigenvalue weighted by Gasteiger charge is -2.03. The van der Waals surface area contributed by atoms with Crippen LogP contribution in [0.4, 0.5) is 5.95 Å². The zero-order valence-corrected chi connectivity index (χ0v) is 9.33. The van der Waals surface area contributed by atoms with Gasteiger partial charge in [0.15, 0.2) is 5.16 Å². The van der Waals surface area contributed by atoms with Crippen LogP contribution in [0.15, 0.2) is 5.16 Å². The Balaban J connectivity index is 2.62. The van der Waals surface area contributed by atoms with Crippen LogP contribution in [-0.4, -0.2) is 39.0 Å². The van der Waals surface area contributed by atoms with Gasteiger partial charge in [0.05, 0.1) is 6.61 Å². The Labute approximate surface area is 92.3 Å². The molecule has 0 aromatic carbocycles. The van der Waals surface area contributed by atoms with Crippen LogP contribution in [0.25, 0.3) is 0 Å². The van der Waals surface area contributed by atoms with Crippen molar-refractivity contribution in [2.45, 2.75) is 18.5 Å². The Kier molecular flexibility index (Phi) is 5.13. The molecule has 0 atom stereocenters. The molecule has 1 aromatic heterocycles. The van der Waals surface area contributed by atoms with Gasteiger partial charge in [-0.1, -0.05) is 11.8 Å². The fourth-order valence-electron chi connectivity index (χ4n) is 0.839. The second-order valence-electron chi connectivity index (χ2n) is 2.62. The number of hydrogen-bond acceptors (Lipinski definition) is 7. The Morgan fingerprint density at radius 1 is 1.40 bits per heavy atom. The van der Waals surface area contributed by atoms with E-state index in [-0.39, 0.29) is 18.6 Å². The van der Waals surface area contributed by atoms with Crippen LogP contribution in [0.5, 0.6) is 6.01 Å². The van der Waals surface area contributed by atoms with Gasteiger partial charge in [-0.2, -0.15) is 15.0 Å². The van der Waals surface area contributed by atoms with Crippen LogP contribution >= 0.6 is 11.8 Å². The van der Waals surface area contributed by atoms with Crippen molar-refractivity contribution in [3.63, 3.8) is 0 Å². The molecule has 0 saturated carbocycles. The van der Waals surface area contributed by atoms with Crippen molar-refractivity contribution < 1.29 is 9.84 Å². The lowest BCUT2D eigenvalue weighted by molar-refractivity contribution is 0.296. The van der Waals surface area contributed by atoms with Crippen molar-refractivity contribution in [3.05, 3.63) is 0 Å². The number of aliphatic hydroxyl groups is 1. The molecule has 0 bridgehead atoms. The first-order valence-corrected chi connectivity index (χ1v) is 5.62. The van der Waals surface area contributed by atoms with Crippen molar-refractivity contribution in [3.8, 4) is 6.01 Å². The first-order valence-electron chi connectivity index (χ1n) is 4.64. The molecule has 0 aliphatic rings. The average Bonchev–Trinajstić information content (AvgIpc) is 2.18. The van der Waals surface area contributed by atoms with Crippen LogP contribution < -0.4 is 10.5 Å². The summed E-state index contributed by atoms with van der Waals surface area (Å²) in [5.41, 5.74) is 5.49. The molecule has 0 spiro atoms. The molecule has 7 heteroatoms. The Morgan fingerprint density at radius 2 is 2.20 bits per heavy atom. The van der Waals surface area contributed by atoms with Crippen molar-refractivity contribution in [1.29, 1.82) is 0 Å². The van der Waals surface area contributed by atoms with Gasteiger partial charge in [-0.05, 0) is 13.3 Å². The molecule has 0 aliphatic heterocycles. The summed E-state index contributed by atoms with van der Waals surface area (Å²) in [5, 5.41) is 9.15. The largest absolute Gasteiger partial charge is 0.464 e. The fraction of sp³-hybridized carbons (Fsp3) is 0.625. The molecule has 0 saturated heterocycles. The predicted octanol–water partition coefficient (Wildman–Crippen LogP) is 0.327. The summed E-state index contributed by atoms with van der Waals surface area (Å²) < 4.78 is 5.13. The topological polar surface area (TPSA) is 94.2 Å². The molecular weight excluding hydrogens is 216 g/mol. The van der Waals surface area contributed by atoms with E-state index in [0.29, 0.717) is 18.2 Å². The van der Waals surface area contributed by atoms with E-state index >= 15 is 0 Å². The highest BCUT2D eigenvalue weighted by Crippen LogP contribution is 2.16. The van der Waals surface area contributed by atoms with Gasteiger partial charge >= 0.3 is 6.01 Å². The molecule has 0 unspecified atom stereocenters. The fourth-order valence-corrected chi connectivity index (χ4v) is 1.60. The van der Waals surface area contributed by atoms with Gasteiger partial charge in [0.2, 0.25) is 5.95 Å². The van der Waals surface area contributed by atoms with Gasteiger partial charge in [-0.3, -0.25) is 0 Å². The summed E-state index contributed by atoms with van der Waals surface area (Å²) >= 11 is 1.42. The summed E-state index contributed by atoms with van der Waals surface area (Å²) in [6.07, 6.45) is 0.695. The summed E-state index contributed by atoms with van der Waals surface area (Å²) in [4.78, 5) is 11.8. The van der Waals surface area contributed by atoms with Gasteiger partial charge in [-0.15, -0.1) is 0 Å². The molecule has 6 nitrogen and oxygen atoms in total. The number of aliphatic hydroxyl groups excluding tert-OH is 1. The van der Waals surface area contributed by atoms with Crippen LogP contribution in [-0.2, 0) is 0 Å². The standard InChI is InChI=1S/C8H14N4O2S/c1-2-14-7-10-6(9)11-8(12-7)15-5-3-4-13/h13H,2-5H2,1H3,(H2,9,10,11,12). The number of thioether (sulfide) groups is 1. The van der Waals surface area contributed by atoms with E-state index in [1.54, 1.807) is 0 Å². The molecule has 3 N–H and O–H groups in total. The minimum Gasteiger partial charge on any atom is -0.464 e. The molecule has 1 heterocycles. The number of anilines is 1. The zero-order chi connectivity index (χ0) is 11.1. The minimum absolute atomic E-state index is 0.153. The van der Waals surface area contributed by atoms with Gasteiger partial charge in [-0.25, -0.2) is 0 Å². The van der Waals surface area contributed by atoms with E-state index < -0.39 is 0 Å². The van der Waals surface area contributed by atoms with Gasteiger partial charge in [0, 0.05) is 12.4 Å². The van der Waals surface area contributed by atoms with E-state index in [2.05, 4.69) is 15.0 Å². The molecular formula is C8H14N4O2S. The maximum absolute atomic E-state index is 8.62. The minimum atomic E-state index is 0.153. The van der Waals surface area contributed by atoms with E-state index in [4.69, 9.17) is 15.6 Å². The van der Waals surface area contributed by atoms with E-state index in [1.165, 1.54) is 11.8 Å². The third kappa shape index (κ3) is 4.30. The maximum atomic E-state index is 8.62. The second-order valence-corrected chi connectivity index (χ2v) is 3.68. The Morgan fingerprint density at radius 3 is 2.87 bits per heavy atom. The van der Waals surface area contributed by atoms with Crippen molar-refractivity contribution in [2.75, 3.05) is 24.7 Å². The SMILES string of the molecule is CCOc1nc(N)nc(SCCCO)n1. The number of rotatable bonds is 6. The van der Waals surface area contributed by atoms with E-state index in [1.807, 2.05) is 6.92 Å². The van der Waals surface area contributed by atoms with Crippen LogP contribution in [0.2, 0.25) is 0 Å². The van der Waals surface area contributed by atoms with Crippen LogP contribution in [0, 0.1) is 0 Å². The van der Waals surface area contributed by atoms with Gasteiger partial charge in [0.1, 0.15) is 0 Å². The molecule has 84 valence electrons. The molecule has 0 fully saturated rings. The Hall–Kier alpha value is -1.08. The van der Waals surface area contributed by atoms with E-state index in [9.17, 15) is 0 Å². The number of hydrogen-bond donors (Lipinski definition) is 2. The van der Waals surface area contributed by atoms with Gasteiger partial charge < -0.3 is 15.6 Å². The van der Waals surface area contributed by atoms with Crippen LogP contribution in [0.3, 0.4) is 0 Å². The maximum Gasteiger partial charge on any atom is 0.322 e. The molecule has 1 aromatic rings. The van der Waals surface area contributed by atoms with Gasteiger partial charge in [0.25, 0.3) is 0 Å². The average molecular weight is 230 g/mol. The second kappa shape index (κ2) is 6.41. The lowest BCUT2D eigenvalue weighted by atomic mass is 10.5. The zero-order valence-electron chi connectivity index (χ0n) is 8.51. The number of ether oxygens (including phenoxy) is 1. The number of nitrogens with zero attached hydrogens (tertiary/aromatic N) is 3. The summed E-state index contributed by atoms with van der Waals surface area (Å²) in [5.74, 6) is 0.894. The highest BCUT2D eigenvalue weighted by molar-refractivity contribution is 7.99. The highest BCUT2D eigenvalue weighted by atomic mass is 32.2. The lowest BCUT2D eigenvalue weighted by Crippen LogP contribution is -2.04. The number of nitrogens with two attached hydrogens (primary N) is 1. The molecule has 0 aliphatic carbocycles.